The lowest BCUT2D eigenvalue weighted by atomic mass is 10.1. The number of anilines is 1. The summed E-state index contributed by atoms with van der Waals surface area (Å²) >= 11 is 0. The number of rotatable bonds is 3. The summed E-state index contributed by atoms with van der Waals surface area (Å²) < 4.78 is 1.54. The van der Waals surface area contributed by atoms with E-state index in [1.165, 1.54) is 6.33 Å². The van der Waals surface area contributed by atoms with Crippen LogP contribution >= 0.6 is 0 Å². The summed E-state index contributed by atoms with van der Waals surface area (Å²) in [6, 6.07) is 7.36. The topological polar surface area (TPSA) is 95.8 Å². The van der Waals surface area contributed by atoms with Crippen LogP contribution in [0.2, 0.25) is 0 Å². The van der Waals surface area contributed by atoms with Gasteiger partial charge in [0.25, 0.3) is 5.91 Å². The highest BCUT2D eigenvalue weighted by Crippen LogP contribution is 2.23. The number of aromatic nitrogens is 6. The van der Waals surface area contributed by atoms with E-state index in [1.807, 2.05) is 43.0 Å². The van der Waals surface area contributed by atoms with Gasteiger partial charge in [0.15, 0.2) is 0 Å². The minimum absolute atomic E-state index is 0.0280. The summed E-state index contributed by atoms with van der Waals surface area (Å²) in [5, 5.41) is 18.4. The van der Waals surface area contributed by atoms with E-state index in [9.17, 15) is 4.79 Å². The van der Waals surface area contributed by atoms with Gasteiger partial charge in [0, 0.05) is 31.7 Å². The number of piperazine rings is 1. The third kappa shape index (κ3) is 2.92. The fourth-order valence-electron chi connectivity index (χ4n) is 3.39. The molecule has 134 valence electrons. The number of tetrazole rings is 1. The summed E-state index contributed by atoms with van der Waals surface area (Å²) in [6.45, 7) is 6.97. The average molecular weight is 352 g/mol. The van der Waals surface area contributed by atoms with Crippen molar-refractivity contribution in [3.8, 4) is 5.69 Å². The molecule has 0 aliphatic carbocycles. The largest absolute Gasteiger partial charge is 0.365 e. The second-order valence-electron chi connectivity index (χ2n) is 6.37. The molecule has 0 bridgehead atoms. The Morgan fingerprint density at radius 3 is 2.62 bits per heavy atom. The number of aromatic amines is 1. The van der Waals surface area contributed by atoms with Crippen LogP contribution in [0.1, 0.15) is 21.7 Å². The SMILES string of the molecule is Cc1n[nH]c(C)c1N1CCN(C(=O)c2cccc(-n3cnnn3)c2)CC1. The van der Waals surface area contributed by atoms with Gasteiger partial charge in [-0.25, -0.2) is 4.68 Å². The fourth-order valence-corrected chi connectivity index (χ4v) is 3.39. The van der Waals surface area contributed by atoms with Crippen molar-refractivity contribution >= 4 is 11.6 Å². The summed E-state index contributed by atoms with van der Waals surface area (Å²) in [5.74, 6) is 0.0280. The maximum Gasteiger partial charge on any atom is 0.254 e. The van der Waals surface area contributed by atoms with E-state index in [0.29, 0.717) is 18.7 Å². The van der Waals surface area contributed by atoms with E-state index in [0.717, 1.165) is 35.9 Å². The molecule has 0 spiro atoms. The molecule has 0 radical (unpaired) electrons. The molecule has 1 saturated heterocycles. The quantitative estimate of drug-likeness (QED) is 0.754. The first-order valence-electron chi connectivity index (χ1n) is 8.52. The first-order valence-corrected chi connectivity index (χ1v) is 8.52. The van der Waals surface area contributed by atoms with Gasteiger partial charge in [-0.1, -0.05) is 6.07 Å². The zero-order chi connectivity index (χ0) is 18.1. The Morgan fingerprint density at radius 2 is 1.96 bits per heavy atom. The fraction of sp³-hybridized carbons (Fsp3) is 0.353. The first-order chi connectivity index (χ1) is 12.6. The Hall–Kier alpha value is -3.23. The third-order valence-electron chi connectivity index (χ3n) is 4.68. The standard InChI is InChI=1S/C17H20N8O/c1-12-16(13(2)20-19-12)23-6-8-24(9-7-23)17(26)14-4-3-5-15(10-14)25-11-18-21-22-25/h3-5,10-11H,6-9H2,1-2H3,(H,19,20). The van der Waals surface area contributed by atoms with Crippen molar-refractivity contribution < 1.29 is 4.79 Å². The highest BCUT2D eigenvalue weighted by molar-refractivity contribution is 5.95. The lowest BCUT2D eigenvalue weighted by Gasteiger charge is -2.36. The number of nitrogens with zero attached hydrogens (tertiary/aromatic N) is 7. The van der Waals surface area contributed by atoms with Gasteiger partial charge in [-0.2, -0.15) is 5.10 Å². The summed E-state index contributed by atoms with van der Waals surface area (Å²) in [4.78, 5) is 17.1. The van der Waals surface area contributed by atoms with E-state index in [-0.39, 0.29) is 5.91 Å². The molecule has 0 atom stereocenters. The number of nitrogens with one attached hydrogen (secondary N) is 1. The third-order valence-corrected chi connectivity index (χ3v) is 4.68. The van der Waals surface area contributed by atoms with Crippen LogP contribution in [-0.4, -0.2) is 67.4 Å². The van der Waals surface area contributed by atoms with Gasteiger partial charge in [0.05, 0.1) is 22.8 Å². The summed E-state index contributed by atoms with van der Waals surface area (Å²) in [7, 11) is 0. The molecule has 4 rings (SSSR count). The van der Waals surface area contributed by atoms with Crippen LogP contribution in [0.15, 0.2) is 30.6 Å². The van der Waals surface area contributed by atoms with Crippen molar-refractivity contribution in [3.63, 3.8) is 0 Å². The highest BCUT2D eigenvalue weighted by atomic mass is 16.2. The second kappa shape index (κ2) is 6.58. The molecule has 9 nitrogen and oxygen atoms in total. The first kappa shape index (κ1) is 16.2. The molecule has 2 aromatic heterocycles. The Balaban J connectivity index is 1.46. The molecule has 3 heterocycles. The van der Waals surface area contributed by atoms with Gasteiger partial charge >= 0.3 is 0 Å². The van der Waals surface area contributed by atoms with Crippen molar-refractivity contribution in [2.45, 2.75) is 13.8 Å². The summed E-state index contributed by atoms with van der Waals surface area (Å²) in [5.41, 5.74) is 4.62. The van der Waals surface area contributed by atoms with E-state index >= 15 is 0 Å². The minimum Gasteiger partial charge on any atom is -0.365 e. The Morgan fingerprint density at radius 1 is 1.15 bits per heavy atom. The predicted octanol–water partition coefficient (Wildman–Crippen LogP) is 0.965. The lowest BCUT2D eigenvalue weighted by molar-refractivity contribution is 0.0746. The predicted molar refractivity (Wildman–Crippen MR) is 95.3 cm³/mol. The van der Waals surface area contributed by atoms with Crippen molar-refractivity contribution in [3.05, 3.63) is 47.5 Å². The van der Waals surface area contributed by atoms with Crippen molar-refractivity contribution in [1.29, 1.82) is 0 Å². The zero-order valence-corrected chi connectivity index (χ0v) is 14.8. The molecule has 1 aromatic carbocycles. The maximum absolute atomic E-state index is 12.9. The molecule has 1 aliphatic heterocycles. The van der Waals surface area contributed by atoms with Crippen molar-refractivity contribution in [2.75, 3.05) is 31.1 Å². The molecule has 1 amide bonds. The van der Waals surface area contributed by atoms with Crippen molar-refractivity contribution in [1.82, 2.24) is 35.3 Å². The van der Waals surface area contributed by atoms with Crippen LogP contribution in [0.4, 0.5) is 5.69 Å². The molecule has 1 aliphatic rings. The van der Waals surface area contributed by atoms with Crippen LogP contribution < -0.4 is 4.90 Å². The number of carbonyl (C=O) groups excluding carboxylic acids is 1. The number of hydrogen-bond donors (Lipinski definition) is 1. The molecule has 0 saturated carbocycles. The second-order valence-corrected chi connectivity index (χ2v) is 6.37. The molecule has 26 heavy (non-hydrogen) atoms. The molecule has 3 aromatic rings. The van der Waals surface area contributed by atoms with Crippen molar-refractivity contribution in [2.24, 2.45) is 0 Å². The van der Waals surface area contributed by atoms with E-state index < -0.39 is 0 Å². The van der Waals surface area contributed by atoms with Crippen LogP contribution in [0, 0.1) is 13.8 Å². The molecule has 1 N–H and O–H groups in total. The number of hydrogen-bond acceptors (Lipinski definition) is 6. The van der Waals surface area contributed by atoms with Crippen LogP contribution in [0.3, 0.4) is 0 Å². The van der Waals surface area contributed by atoms with E-state index in [1.54, 1.807) is 4.68 Å². The van der Waals surface area contributed by atoms with Gasteiger partial charge in [-0.3, -0.25) is 9.89 Å². The Bertz CT molecular complexity index is 889. The average Bonchev–Trinajstić information content (AvgIpc) is 3.32. The van der Waals surface area contributed by atoms with E-state index in [2.05, 4.69) is 30.6 Å². The number of carbonyl (C=O) groups is 1. The van der Waals surface area contributed by atoms with Crippen LogP contribution in [0.25, 0.3) is 5.69 Å². The monoisotopic (exact) mass is 352 g/mol. The number of aryl methyl sites for hydroxylation is 2. The van der Waals surface area contributed by atoms with Gasteiger partial charge in [0.2, 0.25) is 0 Å². The molecule has 9 heteroatoms. The van der Waals surface area contributed by atoms with Crippen LogP contribution in [-0.2, 0) is 0 Å². The maximum atomic E-state index is 12.9. The van der Waals surface area contributed by atoms with Gasteiger partial charge in [-0.05, 0) is 42.5 Å². The van der Waals surface area contributed by atoms with Gasteiger partial charge in [0.1, 0.15) is 6.33 Å². The Kier molecular flexibility index (Phi) is 4.11. The lowest BCUT2D eigenvalue weighted by Crippen LogP contribution is -2.49. The van der Waals surface area contributed by atoms with Gasteiger partial charge < -0.3 is 9.80 Å². The molecular weight excluding hydrogens is 332 g/mol. The summed E-state index contributed by atoms with van der Waals surface area (Å²) in [6.07, 6.45) is 1.51. The zero-order valence-electron chi connectivity index (χ0n) is 14.8. The Labute approximate surface area is 150 Å². The van der Waals surface area contributed by atoms with E-state index in [4.69, 9.17) is 0 Å². The highest BCUT2D eigenvalue weighted by Gasteiger charge is 2.25. The van der Waals surface area contributed by atoms with Crippen LogP contribution in [0.5, 0.6) is 0 Å². The van der Waals surface area contributed by atoms with Gasteiger partial charge in [-0.15, -0.1) is 5.10 Å². The normalized spacial score (nSPS) is 14.7. The molecular formula is C17H20N8O. The molecule has 0 unspecified atom stereocenters. The minimum atomic E-state index is 0.0280. The smallest absolute Gasteiger partial charge is 0.254 e. The number of H-pyrrole nitrogens is 1. The molecule has 1 fully saturated rings. The number of amides is 1. The number of benzene rings is 1.